The average molecular weight is 305 g/mol. The molecule has 3 rings (SSSR count). The fraction of sp³-hybridized carbons (Fsp3) is 0.684. The lowest BCUT2D eigenvalue weighted by molar-refractivity contribution is -0.135. The highest BCUT2D eigenvalue weighted by Gasteiger charge is 2.52. The molecule has 0 bridgehead atoms. The fourth-order valence-corrected chi connectivity index (χ4v) is 4.60. The van der Waals surface area contributed by atoms with E-state index in [1.165, 1.54) is 6.07 Å². The Kier molecular flexibility index (Phi) is 4.07. The van der Waals surface area contributed by atoms with Gasteiger partial charge in [0.15, 0.2) is 0 Å². The van der Waals surface area contributed by atoms with Gasteiger partial charge in [-0.1, -0.05) is 19.9 Å². The van der Waals surface area contributed by atoms with E-state index in [-0.39, 0.29) is 17.2 Å². The molecule has 0 aromatic heterocycles. The molecule has 3 heteroatoms. The van der Waals surface area contributed by atoms with Gasteiger partial charge in [0.05, 0.1) is 5.60 Å². The van der Waals surface area contributed by atoms with Crippen molar-refractivity contribution in [1.29, 1.82) is 0 Å². The topological polar surface area (TPSA) is 23.5 Å². The Morgan fingerprint density at radius 1 is 1.23 bits per heavy atom. The highest BCUT2D eigenvalue weighted by Crippen LogP contribution is 2.53. The van der Waals surface area contributed by atoms with E-state index in [9.17, 15) is 9.50 Å². The number of halogens is 1. The van der Waals surface area contributed by atoms with E-state index in [0.717, 1.165) is 56.3 Å². The molecule has 2 nitrogen and oxygen atoms in total. The zero-order chi connectivity index (χ0) is 16.0. The summed E-state index contributed by atoms with van der Waals surface area (Å²) in [6.45, 7) is 6.33. The summed E-state index contributed by atoms with van der Waals surface area (Å²) in [5.74, 6) is -0.0276. The molecular formula is C19H28FNO. The number of rotatable bonds is 1. The molecule has 2 aliphatic rings. The number of fused-ring (bicyclic) bond motifs is 1. The van der Waals surface area contributed by atoms with Crippen molar-refractivity contribution in [3.8, 4) is 0 Å². The predicted molar refractivity (Wildman–Crippen MR) is 87.2 cm³/mol. The molecule has 22 heavy (non-hydrogen) atoms. The van der Waals surface area contributed by atoms with E-state index in [1.54, 1.807) is 6.07 Å². The van der Waals surface area contributed by atoms with E-state index in [2.05, 4.69) is 25.8 Å². The molecule has 0 spiro atoms. The number of aryl methyl sites for hydroxylation is 1. The predicted octanol–water partition coefficient (Wildman–Crippen LogP) is 3.72. The Balaban J connectivity index is 2.10. The molecular weight excluding hydrogens is 277 g/mol. The van der Waals surface area contributed by atoms with Gasteiger partial charge in [-0.2, -0.15) is 0 Å². The lowest BCUT2D eigenvalue weighted by atomic mass is 9.61. The van der Waals surface area contributed by atoms with E-state index < -0.39 is 5.60 Å². The maximum absolute atomic E-state index is 13.9. The Labute approximate surface area is 133 Å². The van der Waals surface area contributed by atoms with Crippen LogP contribution in [0.4, 0.5) is 4.39 Å². The highest BCUT2D eigenvalue weighted by molar-refractivity contribution is 5.37. The van der Waals surface area contributed by atoms with Crippen LogP contribution >= 0.6 is 0 Å². The van der Waals surface area contributed by atoms with Crippen LogP contribution < -0.4 is 0 Å². The first-order valence-electron chi connectivity index (χ1n) is 8.54. The molecule has 1 heterocycles. The summed E-state index contributed by atoms with van der Waals surface area (Å²) in [7, 11) is 2.13. The standard InChI is InChI=1S/C19H28FNO/c1-18(2)10-4-5-14-6-7-16(20)13-17(14)19(18,22)15-8-11-21(3)12-9-15/h6-7,13,15,22H,4-5,8-12H2,1-3H3. The summed E-state index contributed by atoms with van der Waals surface area (Å²) in [5, 5.41) is 11.9. The first kappa shape index (κ1) is 15.9. The van der Waals surface area contributed by atoms with Crippen molar-refractivity contribution in [3.05, 3.63) is 35.1 Å². The number of benzene rings is 1. The van der Waals surface area contributed by atoms with Crippen molar-refractivity contribution in [1.82, 2.24) is 4.90 Å². The molecule has 0 saturated carbocycles. The Morgan fingerprint density at radius 2 is 1.91 bits per heavy atom. The summed E-state index contributed by atoms with van der Waals surface area (Å²) in [4.78, 5) is 2.32. The maximum atomic E-state index is 13.9. The number of hydrogen-bond donors (Lipinski definition) is 1. The van der Waals surface area contributed by atoms with Crippen LogP contribution in [0.25, 0.3) is 0 Å². The van der Waals surface area contributed by atoms with Crippen LogP contribution in [0.5, 0.6) is 0 Å². The second-order valence-electron chi connectivity index (χ2n) is 7.88. The van der Waals surface area contributed by atoms with E-state index >= 15 is 0 Å². The van der Waals surface area contributed by atoms with Crippen LogP contribution in [0.1, 0.15) is 50.7 Å². The van der Waals surface area contributed by atoms with Gasteiger partial charge in [0, 0.05) is 0 Å². The first-order chi connectivity index (χ1) is 10.3. The van der Waals surface area contributed by atoms with Gasteiger partial charge in [0.2, 0.25) is 0 Å². The molecule has 1 aliphatic heterocycles. The van der Waals surface area contributed by atoms with Crippen molar-refractivity contribution in [2.24, 2.45) is 11.3 Å². The van der Waals surface area contributed by atoms with Crippen LogP contribution in [0.2, 0.25) is 0 Å². The summed E-state index contributed by atoms with van der Waals surface area (Å²) < 4.78 is 13.9. The Morgan fingerprint density at radius 3 is 2.59 bits per heavy atom. The molecule has 122 valence electrons. The largest absolute Gasteiger partial charge is 0.384 e. The quantitative estimate of drug-likeness (QED) is 0.799. The van der Waals surface area contributed by atoms with Crippen LogP contribution in [-0.2, 0) is 12.0 Å². The summed E-state index contributed by atoms with van der Waals surface area (Å²) in [6.07, 6.45) is 4.93. The van der Waals surface area contributed by atoms with E-state index in [1.807, 2.05) is 6.07 Å². The normalized spacial score (nSPS) is 29.9. The van der Waals surface area contributed by atoms with Gasteiger partial charge >= 0.3 is 0 Å². The average Bonchev–Trinajstić information content (AvgIpc) is 2.57. The minimum absolute atomic E-state index is 0.206. The zero-order valence-corrected chi connectivity index (χ0v) is 14.0. The third-order valence-electron chi connectivity index (χ3n) is 6.07. The van der Waals surface area contributed by atoms with Gasteiger partial charge in [0.1, 0.15) is 5.82 Å². The molecule has 0 radical (unpaired) electrons. The molecule has 1 aromatic rings. The third-order valence-corrected chi connectivity index (χ3v) is 6.07. The van der Waals surface area contributed by atoms with Gasteiger partial charge in [-0.05, 0) is 86.8 Å². The van der Waals surface area contributed by atoms with Gasteiger partial charge in [-0.25, -0.2) is 4.39 Å². The summed E-state index contributed by atoms with van der Waals surface area (Å²) >= 11 is 0. The Hall–Kier alpha value is -0.930. The summed E-state index contributed by atoms with van der Waals surface area (Å²) in [5.41, 5.74) is 0.826. The van der Waals surface area contributed by atoms with Crippen LogP contribution in [0, 0.1) is 17.2 Å². The molecule has 1 unspecified atom stereocenters. The minimum Gasteiger partial charge on any atom is -0.384 e. The minimum atomic E-state index is -0.928. The maximum Gasteiger partial charge on any atom is 0.123 e. The lowest BCUT2D eigenvalue weighted by Crippen LogP contribution is -2.51. The van der Waals surface area contributed by atoms with Gasteiger partial charge in [-0.3, -0.25) is 0 Å². The molecule has 1 aromatic carbocycles. The first-order valence-corrected chi connectivity index (χ1v) is 8.54. The third kappa shape index (κ3) is 2.48. The van der Waals surface area contributed by atoms with Crippen molar-refractivity contribution in [2.75, 3.05) is 20.1 Å². The second-order valence-corrected chi connectivity index (χ2v) is 7.88. The van der Waals surface area contributed by atoms with Gasteiger partial charge < -0.3 is 10.0 Å². The van der Waals surface area contributed by atoms with Gasteiger partial charge in [0.25, 0.3) is 0 Å². The summed E-state index contributed by atoms with van der Waals surface area (Å²) in [6, 6.07) is 5.01. The molecule has 1 N–H and O–H groups in total. The molecule has 1 atom stereocenters. The highest BCUT2D eigenvalue weighted by atomic mass is 19.1. The second kappa shape index (κ2) is 5.61. The van der Waals surface area contributed by atoms with E-state index in [0.29, 0.717) is 0 Å². The zero-order valence-electron chi connectivity index (χ0n) is 14.0. The number of aliphatic hydroxyl groups is 1. The Bertz CT molecular complexity index is 548. The molecule has 1 aliphatic carbocycles. The van der Waals surface area contributed by atoms with Crippen LogP contribution in [0.15, 0.2) is 18.2 Å². The molecule has 1 fully saturated rings. The van der Waals surface area contributed by atoms with Crippen LogP contribution in [0.3, 0.4) is 0 Å². The van der Waals surface area contributed by atoms with Crippen molar-refractivity contribution >= 4 is 0 Å². The van der Waals surface area contributed by atoms with E-state index in [4.69, 9.17) is 0 Å². The molecule has 0 amide bonds. The number of hydrogen-bond acceptors (Lipinski definition) is 2. The number of nitrogens with zero attached hydrogens (tertiary/aromatic N) is 1. The SMILES string of the molecule is CN1CCC(C2(O)c3cc(F)ccc3CCCC2(C)C)CC1. The van der Waals surface area contributed by atoms with Crippen LogP contribution in [-0.4, -0.2) is 30.1 Å². The van der Waals surface area contributed by atoms with Crippen molar-refractivity contribution in [2.45, 2.75) is 51.6 Å². The smallest absolute Gasteiger partial charge is 0.123 e. The monoisotopic (exact) mass is 305 g/mol. The fourth-order valence-electron chi connectivity index (χ4n) is 4.60. The van der Waals surface area contributed by atoms with Crippen molar-refractivity contribution in [3.63, 3.8) is 0 Å². The number of likely N-dealkylation sites (tertiary alicyclic amines) is 1. The number of piperidine rings is 1. The lowest BCUT2D eigenvalue weighted by Gasteiger charge is -2.50. The van der Waals surface area contributed by atoms with Gasteiger partial charge in [-0.15, -0.1) is 0 Å². The molecule has 1 saturated heterocycles. The van der Waals surface area contributed by atoms with Crippen molar-refractivity contribution < 1.29 is 9.50 Å².